The van der Waals surface area contributed by atoms with Gasteiger partial charge in [-0.2, -0.15) is 0 Å². The Morgan fingerprint density at radius 2 is 2.42 bits per heavy atom. The topological polar surface area (TPSA) is 64.4 Å². The molecule has 3 rings (SSSR count). The lowest BCUT2D eigenvalue weighted by Gasteiger charge is -2.36. The van der Waals surface area contributed by atoms with Crippen molar-refractivity contribution in [3.8, 4) is 0 Å². The van der Waals surface area contributed by atoms with E-state index in [4.69, 9.17) is 9.26 Å². The minimum absolute atomic E-state index is 0.111. The Morgan fingerprint density at radius 1 is 1.53 bits per heavy atom. The predicted octanol–water partition coefficient (Wildman–Crippen LogP) is 1.95. The number of hydrogen-bond donors (Lipinski definition) is 1. The van der Waals surface area contributed by atoms with Crippen LogP contribution in [0.1, 0.15) is 43.6 Å². The van der Waals surface area contributed by atoms with Gasteiger partial charge < -0.3 is 14.6 Å². The molecule has 0 aromatic carbocycles. The fourth-order valence-electron chi connectivity index (χ4n) is 3.34. The second kappa shape index (κ2) is 4.96. The van der Waals surface area contributed by atoms with Crippen LogP contribution in [0.3, 0.4) is 0 Å². The van der Waals surface area contributed by atoms with Gasteiger partial charge in [-0.15, -0.1) is 0 Å². The first-order chi connectivity index (χ1) is 9.21. The number of aromatic nitrogens is 1. The average Bonchev–Trinajstić information content (AvgIpc) is 3.02. The molecule has 5 heteroatoms. The highest BCUT2D eigenvalue weighted by atomic mass is 16.5. The number of nitrogens with one attached hydrogen (secondary N) is 1. The smallest absolute Gasteiger partial charge is 0.229 e. The maximum absolute atomic E-state index is 12.5. The zero-order valence-corrected chi connectivity index (χ0v) is 11.3. The first-order valence-electron chi connectivity index (χ1n) is 7.03. The SMILES string of the molecule is Cc1cc(CNC(=O)C23CCCCC2OCC3)no1. The van der Waals surface area contributed by atoms with Crippen molar-refractivity contribution in [3.05, 3.63) is 17.5 Å². The number of ether oxygens (including phenoxy) is 1. The molecular weight excluding hydrogens is 244 g/mol. The fourth-order valence-corrected chi connectivity index (χ4v) is 3.34. The van der Waals surface area contributed by atoms with Crippen LogP contribution in [0.25, 0.3) is 0 Å². The summed E-state index contributed by atoms with van der Waals surface area (Å²) in [6.07, 6.45) is 5.21. The van der Waals surface area contributed by atoms with E-state index in [2.05, 4.69) is 10.5 Å². The Bertz CT molecular complexity index is 471. The molecule has 1 saturated carbocycles. The van der Waals surface area contributed by atoms with Crippen molar-refractivity contribution < 1.29 is 14.1 Å². The van der Waals surface area contributed by atoms with Gasteiger partial charge in [0.1, 0.15) is 11.5 Å². The Balaban J connectivity index is 1.65. The molecule has 1 aromatic heterocycles. The first kappa shape index (κ1) is 12.7. The van der Waals surface area contributed by atoms with Crippen molar-refractivity contribution in [3.63, 3.8) is 0 Å². The highest BCUT2D eigenvalue weighted by Gasteiger charge is 2.50. The fraction of sp³-hybridized carbons (Fsp3) is 0.714. The molecule has 104 valence electrons. The number of carbonyl (C=O) groups is 1. The Labute approximate surface area is 112 Å². The third-order valence-electron chi connectivity index (χ3n) is 4.38. The minimum Gasteiger partial charge on any atom is -0.377 e. The zero-order valence-electron chi connectivity index (χ0n) is 11.3. The van der Waals surface area contributed by atoms with Crippen LogP contribution >= 0.6 is 0 Å². The van der Waals surface area contributed by atoms with Crippen molar-refractivity contribution in [2.75, 3.05) is 6.61 Å². The van der Waals surface area contributed by atoms with Crippen molar-refractivity contribution >= 4 is 5.91 Å². The number of amides is 1. The van der Waals surface area contributed by atoms with E-state index in [0.717, 1.165) is 37.1 Å². The molecule has 2 fully saturated rings. The number of carbonyl (C=O) groups excluding carboxylic acids is 1. The molecule has 1 aliphatic heterocycles. The standard InChI is InChI=1S/C14H20N2O3/c1-10-8-11(16-19-10)9-15-13(17)14-5-3-2-4-12(14)18-7-6-14/h8,12H,2-7,9H2,1H3,(H,15,17). The molecule has 2 unspecified atom stereocenters. The molecule has 5 nitrogen and oxygen atoms in total. The minimum atomic E-state index is -0.295. The van der Waals surface area contributed by atoms with Gasteiger partial charge in [0.15, 0.2) is 0 Å². The van der Waals surface area contributed by atoms with Crippen LogP contribution in [0.2, 0.25) is 0 Å². The van der Waals surface area contributed by atoms with Gasteiger partial charge in [-0.3, -0.25) is 4.79 Å². The van der Waals surface area contributed by atoms with E-state index in [1.165, 1.54) is 6.42 Å². The van der Waals surface area contributed by atoms with Crippen LogP contribution in [0.4, 0.5) is 0 Å². The molecule has 0 bridgehead atoms. The highest BCUT2D eigenvalue weighted by Crippen LogP contribution is 2.45. The van der Waals surface area contributed by atoms with Gasteiger partial charge >= 0.3 is 0 Å². The summed E-state index contributed by atoms with van der Waals surface area (Å²) in [6, 6.07) is 1.85. The van der Waals surface area contributed by atoms with E-state index in [9.17, 15) is 4.79 Å². The third kappa shape index (κ3) is 2.27. The lowest BCUT2D eigenvalue weighted by Crippen LogP contribution is -2.47. The van der Waals surface area contributed by atoms with Gasteiger partial charge in [0.05, 0.1) is 18.1 Å². The lowest BCUT2D eigenvalue weighted by molar-refractivity contribution is -0.137. The lowest BCUT2D eigenvalue weighted by atomic mass is 9.70. The first-order valence-corrected chi connectivity index (χ1v) is 7.03. The number of hydrogen-bond acceptors (Lipinski definition) is 4. The van der Waals surface area contributed by atoms with E-state index in [0.29, 0.717) is 13.2 Å². The largest absolute Gasteiger partial charge is 0.377 e. The van der Waals surface area contributed by atoms with Crippen LogP contribution in [0, 0.1) is 12.3 Å². The molecule has 1 aromatic rings. The normalized spacial score (nSPS) is 30.1. The molecule has 2 heterocycles. The molecule has 0 radical (unpaired) electrons. The number of fused-ring (bicyclic) bond motifs is 1. The van der Waals surface area contributed by atoms with Crippen molar-refractivity contribution in [1.29, 1.82) is 0 Å². The van der Waals surface area contributed by atoms with E-state index >= 15 is 0 Å². The van der Waals surface area contributed by atoms with Gasteiger partial charge in [0.2, 0.25) is 5.91 Å². The second-order valence-corrected chi connectivity index (χ2v) is 5.62. The van der Waals surface area contributed by atoms with Gasteiger partial charge in [0.25, 0.3) is 0 Å². The predicted molar refractivity (Wildman–Crippen MR) is 68.3 cm³/mol. The van der Waals surface area contributed by atoms with Crippen LogP contribution in [0.15, 0.2) is 10.6 Å². The number of rotatable bonds is 3. The summed E-state index contributed by atoms with van der Waals surface area (Å²) in [6.45, 7) is 2.99. The maximum Gasteiger partial charge on any atom is 0.229 e. The molecule has 19 heavy (non-hydrogen) atoms. The summed E-state index contributed by atoms with van der Waals surface area (Å²) in [5, 5.41) is 6.90. The molecule has 1 N–H and O–H groups in total. The second-order valence-electron chi connectivity index (χ2n) is 5.62. The van der Waals surface area contributed by atoms with Crippen LogP contribution in [0.5, 0.6) is 0 Å². The molecule has 1 saturated heterocycles. The number of nitrogens with zero attached hydrogens (tertiary/aromatic N) is 1. The van der Waals surface area contributed by atoms with E-state index < -0.39 is 0 Å². The van der Waals surface area contributed by atoms with E-state index in [1.54, 1.807) is 0 Å². The molecule has 1 aliphatic carbocycles. The molecule has 0 spiro atoms. The molecule has 2 atom stereocenters. The maximum atomic E-state index is 12.5. The van der Waals surface area contributed by atoms with Gasteiger partial charge in [-0.05, 0) is 26.2 Å². The summed E-state index contributed by atoms with van der Waals surface area (Å²) in [5.41, 5.74) is 0.477. The average molecular weight is 264 g/mol. The summed E-state index contributed by atoms with van der Waals surface area (Å²) >= 11 is 0. The summed E-state index contributed by atoms with van der Waals surface area (Å²) in [7, 11) is 0. The van der Waals surface area contributed by atoms with Crippen molar-refractivity contribution in [2.24, 2.45) is 5.41 Å². The third-order valence-corrected chi connectivity index (χ3v) is 4.38. The molecule has 2 aliphatic rings. The van der Waals surface area contributed by atoms with Gasteiger partial charge in [-0.25, -0.2) is 0 Å². The monoisotopic (exact) mass is 264 g/mol. The number of aryl methyl sites for hydroxylation is 1. The van der Waals surface area contributed by atoms with Crippen LogP contribution in [-0.4, -0.2) is 23.8 Å². The van der Waals surface area contributed by atoms with Crippen molar-refractivity contribution in [1.82, 2.24) is 10.5 Å². The highest BCUT2D eigenvalue weighted by molar-refractivity contribution is 5.83. The quantitative estimate of drug-likeness (QED) is 0.906. The van der Waals surface area contributed by atoms with E-state index in [1.807, 2.05) is 13.0 Å². The Hall–Kier alpha value is -1.36. The summed E-state index contributed by atoms with van der Waals surface area (Å²) in [4.78, 5) is 12.5. The zero-order chi connectivity index (χ0) is 13.3. The molecular formula is C14H20N2O3. The Kier molecular flexibility index (Phi) is 3.31. The van der Waals surface area contributed by atoms with E-state index in [-0.39, 0.29) is 17.4 Å². The Morgan fingerprint density at radius 3 is 3.21 bits per heavy atom. The van der Waals surface area contributed by atoms with Crippen molar-refractivity contribution in [2.45, 2.75) is 51.7 Å². The van der Waals surface area contributed by atoms with Crippen LogP contribution in [-0.2, 0) is 16.1 Å². The molecule has 1 amide bonds. The van der Waals surface area contributed by atoms with Gasteiger partial charge in [-0.1, -0.05) is 18.0 Å². The summed E-state index contributed by atoms with van der Waals surface area (Å²) < 4.78 is 10.7. The summed E-state index contributed by atoms with van der Waals surface area (Å²) in [5.74, 6) is 0.887. The van der Waals surface area contributed by atoms with Crippen LogP contribution < -0.4 is 5.32 Å². The van der Waals surface area contributed by atoms with Gasteiger partial charge in [0, 0.05) is 12.7 Å².